The standard InChI is InChI=1S/C19H25NO2S/c1-19(2,3)23(22)20-17(15-10-6-4-7-11-15)14-18(21)16-12-8-5-9-13-16/h4-13,17-18,20-21H,14H2,1-3H3/t17-,18-,23+/m1/s1. The summed E-state index contributed by atoms with van der Waals surface area (Å²) in [5.41, 5.74) is 1.90. The SMILES string of the molecule is CC(C)(C)[S@](=O)N[C@H](C[C@@H](O)c1ccccc1)c1ccccc1. The summed E-state index contributed by atoms with van der Waals surface area (Å²) in [6.07, 6.45) is -0.138. The number of benzene rings is 2. The van der Waals surface area contributed by atoms with Crippen LogP contribution in [-0.4, -0.2) is 14.1 Å². The molecule has 124 valence electrons. The van der Waals surface area contributed by atoms with Crippen LogP contribution >= 0.6 is 0 Å². The lowest BCUT2D eigenvalue weighted by atomic mass is 9.97. The van der Waals surface area contributed by atoms with Crippen molar-refractivity contribution in [3.8, 4) is 0 Å². The Hall–Kier alpha value is -1.49. The molecule has 0 unspecified atom stereocenters. The Bertz CT molecular complexity index is 623. The van der Waals surface area contributed by atoms with E-state index in [4.69, 9.17) is 0 Å². The summed E-state index contributed by atoms with van der Waals surface area (Å²) in [7, 11) is -1.20. The maximum Gasteiger partial charge on any atom is 0.0975 e. The maximum atomic E-state index is 12.5. The van der Waals surface area contributed by atoms with Gasteiger partial charge in [-0.1, -0.05) is 60.7 Å². The first-order valence-corrected chi connectivity index (χ1v) is 8.99. The third-order valence-corrected chi connectivity index (χ3v) is 5.26. The first-order valence-electron chi connectivity index (χ1n) is 7.84. The van der Waals surface area contributed by atoms with Crippen LogP contribution < -0.4 is 4.72 Å². The number of nitrogens with one attached hydrogen (secondary N) is 1. The molecule has 3 atom stereocenters. The molecular weight excluding hydrogens is 306 g/mol. The van der Waals surface area contributed by atoms with E-state index in [1.165, 1.54) is 0 Å². The number of aliphatic hydroxyl groups is 1. The van der Waals surface area contributed by atoms with E-state index in [1.54, 1.807) is 0 Å². The molecule has 0 spiro atoms. The molecule has 2 aromatic rings. The Morgan fingerprint density at radius 2 is 1.43 bits per heavy atom. The first kappa shape index (κ1) is 17.9. The third kappa shape index (κ3) is 5.27. The molecule has 0 radical (unpaired) electrons. The number of rotatable bonds is 6. The molecule has 2 aromatic carbocycles. The molecule has 0 aromatic heterocycles. The highest BCUT2D eigenvalue weighted by molar-refractivity contribution is 7.84. The molecule has 3 nitrogen and oxygen atoms in total. The highest BCUT2D eigenvalue weighted by Crippen LogP contribution is 2.27. The predicted octanol–water partition coefficient (Wildman–Crippen LogP) is 3.90. The van der Waals surface area contributed by atoms with Gasteiger partial charge in [0.2, 0.25) is 0 Å². The summed E-state index contributed by atoms with van der Waals surface area (Å²) in [6, 6.07) is 19.3. The molecule has 0 aliphatic heterocycles. The fraction of sp³-hybridized carbons (Fsp3) is 0.368. The van der Waals surface area contributed by atoms with Gasteiger partial charge in [0.25, 0.3) is 0 Å². The second-order valence-corrected chi connectivity index (χ2v) is 8.62. The lowest BCUT2D eigenvalue weighted by molar-refractivity contribution is 0.155. The van der Waals surface area contributed by atoms with Gasteiger partial charge in [-0.05, 0) is 38.3 Å². The van der Waals surface area contributed by atoms with Crippen LogP contribution in [0.3, 0.4) is 0 Å². The van der Waals surface area contributed by atoms with Crippen LogP contribution in [0, 0.1) is 0 Å². The van der Waals surface area contributed by atoms with Crippen LogP contribution in [0.1, 0.15) is 50.5 Å². The van der Waals surface area contributed by atoms with E-state index in [-0.39, 0.29) is 10.8 Å². The molecule has 0 fully saturated rings. The highest BCUT2D eigenvalue weighted by atomic mass is 32.2. The van der Waals surface area contributed by atoms with Crippen molar-refractivity contribution in [2.24, 2.45) is 0 Å². The zero-order chi connectivity index (χ0) is 16.9. The van der Waals surface area contributed by atoms with Gasteiger partial charge < -0.3 is 5.11 Å². The summed E-state index contributed by atoms with van der Waals surface area (Å²) in [6.45, 7) is 5.81. The van der Waals surface area contributed by atoms with Crippen molar-refractivity contribution in [2.45, 2.75) is 44.1 Å². The van der Waals surface area contributed by atoms with Crippen LogP contribution in [-0.2, 0) is 11.0 Å². The van der Waals surface area contributed by atoms with E-state index < -0.39 is 17.1 Å². The van der Waals surface area contributed by atoms with Crippen molar-refractivity contribution in [3.05, 3.63) is 71.8 Å². The van der Waals surface area contributed by atoms with Crippen molar-refractivity contribution in [2.75, 3.05) is 0 Å². The molecule has 0 bridgehead atoms. The summed E-state index contributed by atoms with van der Waals surface area (Å²) in [5, 5.41) is 10.5. The fourth-order valence-electron chi connectivity index (χ4n) is 2.28. The Balaban J connectivity index is 2.19. The number of hydrogen-bond acceptors (Lipinski definition) is 2. The zero-order valence-corrected chi connectivity index (χ0v) is 14.7. The first-order chi connectivity index (χ1) is 10.9. The Kier molecular flexibility index (Phi) is 6.10. The second-order valence-electron chi connectivity index (χ2n) is 6.62. The Labute approximate surface area is 141 Å². The minimum Gasteiger partial charge on any atom is -0.388 e. The molecule has 0 amide bonds. The van der Waals surface area contributed by atoms with E-state index in [2.05, 4.69) is 4.72 Å². The van der Waals surface area contributed by atoms with E-state index in [9.17, 15) is 9.32 Å². The van der Waals surface area contributed by atoms with Crippen LogP contribution in [0.25, 0.3) is 0 Å². The van der Waals surface area contributed by atoms with Gasteiger partial charge in [0.1, 0.15) is 0 Å². The molecule has 0 saturated carbocycles. The third-order valence-electron chi connectivity index (χ3n) is 3.65. The van der Waals surface area contributed by atoms with Crippen molar-refractivity contribution in [3.63, 3.8) is 0 Å². The number of hydrogen-bond donors (Lipinski definition) is 2. The van der Waals surface area contributed by atoms with Gasteiger partial charge in [0.15, 0.2) is 0 Å². The van der Waals surface area contributed by atoms with E-state index in [0.717, 1.165) is 11.1 Å². The molecule has 4 heteroatoms. The topological polar surface area (TPSA) is 49.3 Å². The van der Waals surface area contributed by atoms with E-state index in [0.29, 0.717) is 6.42 Å². The van der Waals surface area contributed by atoms with Gasteiger partial charge in [0, 0.05) is 6.04 Å². The van der Waals surface area contributed by atoms with Crippen LogP contribution in [0.5, 0.6) is 0 Å². The molecule has 2 rings (SSSR count). The average molecular weight is 331 g/mol. The predicted molar refractivity (Wildman–Crippen MR) is 96.2 cm³/mol. The van der Waals surface area contributed by atoms with Crippen LogP contribution in [0.4, 0.5) is 0 Å². The zero-order valence-electron chi connectivity index (χ0n) is 13.9. The fourth-order valence-corrected chi connectivity index (χ4v) is 3.12. The highest BCUT2D eigenvalue weighted by Gasteiger charge is 2.25. The molecule has 0 aliphatic carbocycles. The Morgan fingerprint density at radius 1 is 0.957 bits per heavy atom. The molecular formula is C19H25NO2S. The van der Waals surface area contributed by atoms with Crippen molar-refractivity contribution in [1.29, 1.82) is 0 Å². The summed E-state index contributed by atoms with van der Waals surface area (Å²) >= 11 is 0. The van der Waals surface area contributed by atoms with Gasteiger partial charge in [-0.15, -0.1) is 0 Å². The van der Waals surface area contributed by atoms with Gasteiger partial charge >= 0.3 is 0 Å². The minimum atomic E-state index is -1.20. The summed E-state index contributed by atoms with van der Waals surface area (Å²) in [4.78, 5) is 0. The van der Waals surface area contributed by atoms with E-state index >= 15 is 0 Å². The van der Waals surface area contributed by atoms with Crippen LogP contribution in [0.2, 0.25) is 0 Å². The number of aliphatic hydroxyl groups excluding tert-OH is 1. The summed E-state index contributed by atoms with van der Waals surface area (Å²) in [5.74, 6) is 0. The van der Waals surface area contributed by atoms with E-state index in [1.807, 2.05) is 81.4 Å². The smallest absolute Gasteiger partial charge is 0.0975 e. The molecule has 0 aliphatic rings. The molecule has 23 heavy (non-hydrogen) atoms. The second kappa shape index (κ2) is 7.86. The lowest BCUT2D eigenvalue weighted by Crippen LogP contribution is -2.36. The van der Waals surface area contributed by atoms with Gasteiger partial charge in [-0.3, -0.25) is 0 Å². The normalized spacial score (nSPS) is 15.8. The van der Waals surface area contributed by atoms with Crippen molar-refractivity contribution < 1.29 is 9.32 Å². The van der Waals surface area contributed by atoms with Crippen molar-refractivity contribution >= 4 is 11.0 Å². The summed E-state index contributed by atoms with van der Waals surface area (Å²) < 4.78 is 15.3. The quantitative estimate of drug-likeness (QED) is 0.843. The molecule has 2 N–H and O–H groups in total. The Morgan fingerprint density at radius 3 is 1.91 bits per heavy atom. The van der Waals surface area contributed by atoms with Gasteiger partial charge in [-0.25, -0.2) is 8.93 Å². The maximum absolute atomic E-state index is 12.5. The van der Waals surface area contributed by atoms with Gasteiger partial charge in [-0.2, -0.15) is 0 Å². The molecule has 0 heterocycles. The lowest BCUT2D eigenvalue weighted by Gasteiger charge is -2.26. The molecule has 0 saturated heterocycles. The average Bonchev–Trinajstić information content (AvgIpc) is 2.55. The largest absolute Gasteiger partial charge is 0.388 e. The monoisotopic (exact) mass is 331 g/mol. The van der Waals surface area contributed by atoms with Gasteiger partial charge in [0.05, 0.1) is 21.8 Å². The van der Waals surface area contributed by atoms with Crippen molar-refractivity contribution in [1.82, 2.24) is 4.72 Å². The minimum absolute atomic E-state index is 0.175. The van der Waals surface area contributed by atoms with Crippen LogP contribution in [0.15, 0.2) is 60.7 Å².